The lowest BCUT2D eigenvalue weighted by Gasteiger charge is -1.90. The average Bonchev–Trinajstić information content (AvgIpc) is 2.17. The molecular weight excluding hydrogens is 135 g/mol. The van der Waals surface area contributed by atoms with Gasteiger partial charge in [0.15, 0.2) is 0 Å². The summed E-state index contributed by atoms with van der Waals surface area (Å²) in [6, 6.07) is 0. The Kier molecular flexibility index (Phi) is 1.79. The van der Waals surface area contributed by atoms with Gasteiger partial charge in [-0.1, -0.05) is 0 Å². The summed E-state index contributed by atoms with van der Waals surface area (Å²) in [5.74, 6) is 0. The number of hydrogen-bond donors (Lipinski definition) is 0. The van der Waals surface area contributed by atoms with E-state index in [1.165, 1.54) is 0 Å². The van der Waals surface area contributed by atoms with Gasteiger partial charge in [0.2, 0.25) is 0 Å². The lowest BCUT2D eigenvalue weighted by atomic mass is 10.4. The molecule has 0 aliphatic carbocycles. The highest BCUT2D eigenvalue weighted by atomic mass is 35.5. The molecule has 1 atom stereocenters. The molecule has 0 N–H and O–H groups in total. The van der Waals surface area contributed by atoms with Crippen molar-refractivity contribution >= 4 is 23.2 Å². The van der Waals surface area contributed by atoms with Gasteiger partial charge < -0.3 is 4.74 Å². The standard InChI is InChI=1S/C4H6Cl2O/c5-4(6)1-3-2-7-3/h3-4H,1-2H2. The molecule has 42 valence electrons. The predicted molar refractivity (Wildman–Crippen MR) is 29.9 cm³/mol. The maximum atomic E-state index is 5.40. The normalized spacial score (nSPS) is 28.7. The van der Waals surface area contributed by atoms with Gasteiger partial charge in [0, 0.05) is 6.42 Å². The molecule has 1 aliphatic rings. The smallest absolute Gasteiger partial charge is 0.110 e. The van der Waals surface area contributed by atoms with Crippen molar-refractivity contribution in [2.75, 3.05) is 6.61 Å². The van der Waals surface area contributed by atoms with Crippen molar-refractivity contribution in [1.82, 2.24) is 0 Å². The molecule has 1 rings (SSSR count). The van der Waals surface area contributed by atoms with E-state index >= 15 is 0 Å². The Labute approximate surface area is 52.5 Å². The Balaban J connectivity index is 1.97. The lowest BCUT2D eigenvalue weighted by Crippen LogP contribution is -1.92. The summed E-state index contributed by atoms with van der Waals surface area (Å²) in [6.07, 6.45) is 1.14. The van der Waals surface area contributed by atoms with Crippen LogP contribution in [0.4, 0.5) is 0 Å². The average molecular weight is 141 g/mol. The van der Waals surface area contributed by atoms with Gasteiger partial charge in [0.05, 0.1) is 12.7 Å². The predicted octanol–water partition coefficient (Wildman–Crippen LogP) is 1.58. The number of ether oxygens (including phenoxy) is 1. The Morgan fingerprint density at radius 3 is 2.43 bits per heavy atom. The molecular formula is C4H6Cl2O. The van der Waals surface area contributed by atoms with Crippen LogP contribution in [0, 0.1) is 0 Å². The first-order valence-corrected chi connectivity index (χ1v) is 3.06. The molecule has 0 amide bonds. The topological polar surface area (TPSA) is 12.5 Å². The first kappa shape index (κ1) is 5.67. The van der Waals surface area contributed by atoms with Crippen LogP contribution in [0.25, 0.3) is 0 Å². The van der Waals surface area contributed by atoms with Gasteiger partial charge >= 0.3 is 0 Å². The van der Waals surface area contributed by atoms with E-state index < -0.39 is 0 Å². The highest BCUT2D eigenvalue weighted by molar-refractivity contribution is 6.44. The fourth-order valence-corrected chi connectivity index (χ4v) is 0.800. The zero-order valence-electron chi connectivity index (χ0n) is 3.73. The van der Waals surface area contributed by atoms with Gasteiger partial charge in [-0.3, -0.25) is 0 Å². The third kappa shape index (κ3) is 2.37. The maximum absolute atomic E-state index is 5.40. The van der Waals surface area contributed by atoms with Crippen molar-refractivity contribution in [3.8, 4) is 0 Å². The molecule has 7 heavy (non-hydrogen) atoms. The van der Waals surface area contributed by atoms with E-state index in [1.807, 2.05) is 0 Å². The molecule has 0 aromatic rings. The number of epoxide rings is 1. The van der Waals surface area contributed by atoms with Crippen LogP contribution in [0.15, 0.2) is 0 Å². The van der Waals surface area contributed by atoms with Crippen molar-refractivity contribution < 1.29 is 4.74 Å². The van der Waals surface area contributed by atoms with E-state index in [0.29, 0.717) is 6.10 Å². The molecule has 0 radical (unpaired) electrons. The maximum Gasteiger partial charge on any atom is 0.110 e. The van der Waals surface area contributed by atoms with Gasteiger partial charge in [0.1, 0.15) is 4.84 Å². The minimum absolute atomic E-state index is 0.243. The van der Waals surface area contributed by atoms with Crippen LogP contribution in [0.5, 0.6) is 0 Å². The highest BCUT2D eigenvalue weighted by Crippen LogP contribution is 2.20. The van der Waals surface area contributed by atoms with E-state index in [2.05, 4.69) is 0 Å². The van der Waals surface area contributed by atoms with E-state index in [4.69, 9.17) is 27.9 Å². The Bertz CT molecular complexity index is 60.7. The minimum atomic E-state index is -0.243. The molecule has 1 unspecified atom stereocenters. The van der Waals surface area contributed by atoms with Gasteiger partial charge in [-0.15, -0.1) is 23.2 Å². The molecule has 3 heteroatoms. The number of rotatable bonds is 2. The third-order valence-electron chi connectivity index (χ3n) is 0.843. The molecule has 0 saturated carbocycles. The van der Waals surface area contributed by atoms with Crippen LogP contribution < -0.4 is 0 Å². The summed E-state index contributed by atoms with van der Waals surface area (Å²) in [4.78, 5) is -0.243. The van der Waals surface area contributed by atoms with Crippen LogP contribution >= 0.6 is 23.2 Å². The van der Waals surface area contributed by atoms with Crippen molar-refractivity contribution in [3.63, 3.8) is 0 Å². The van der Waals surface area contributed by atoms with E-state index in [1.54, 1.807) is 0 Å². The third-order valence-corrected chi connectivity index (χ3v) is 1.20. The second-order valence-corrected chi connectivity index (χ2v) is 2.86. The van der Waals surface area contributed by atoms with Gasteiger partial charge in [-0.2, -0.15) is 0 Å². The van der Waals surface area contributed by atoms with E-state index in [-0.39, 0.29) is 4.84 Å². The highest BCUT2D eigenvalue weighted by Gasteiger charge is 2.24. The van der Waals surface area contributed by atoms with Crippen molar-refractivity contribution in [1.29, 1.82) is 0 Å². The summed E-state index contributed by atoms with van der Waals surface area (Å²) < 4.78 is 4.85. The van der Waals surface area contributed by atoms with E-state index in [9.17, 15) is 0 Å². The van der Waals surface area contributed by atoms with Crippen LogP contribution in [0.3, 0.4) is 0 Å². The van der Waals surface area contributed by atoms with Gasteiger partial charge in [-0.25, -0.2) is 0 Å². The Morgan fingerprint density at radius 2 is 2.29 bits per heavy atom. The minimum Gasteiger partial charge on any atom is -0.373 e. The fraction of sp³-hybridized carbons (Fsp3) is 1.00. The van der Waals surface area contributed by atoms with Crippen molar-refractivity contribution in [2.24, 2.45) is 0 Å². The molecule has 1 aliphatic heterocycles. The SMILES string of the molecule is ClC(Cl)CC1CO1. The van der Waals surface area contributed by atoms with Gasteiger partial charge in [0.25, 0.3) is 0 Å². The molecule has 1 saturated heterocycles. The molecule has 1 nitrogen and oxygen atoms in total. The number of halogens is 2. The van der Waals surface area contributed by atoms with Crippen LogP contribution in [-0.4, -0.2) is 17.5 Å². The second kappa shape index (κ2) is 2.21. The molecule has 1 heterocycles. The fourth-order valence-electron chi connectivity index (χ4n) is 0.403. The quantitative estimate of drug-likeness (QED) is 0.420. The van der Waals surface area contributed by atoms with Crippen molar-refractivity contribution in [2.45, 2.75) is 17.4 Å². The molecule has 0 aromatic heterocycles. The first-order valence-electron chi connectivity index (χ1n) is 2.19. The number of hydrogen-bond acceptors (Lipinski definition) is 1. The summed E-state index contributed by atoms with van der Waals surface area (Å²) in [6.45, 7) is 0.843. The van der Waals surface area contributed by atoms with E-state index in [0.717, 1.165) is 13.0 Å². The Morgan fingerprint density at radius 1 is 1.71 bits per heavy atom. The summed E-state index contributed by atoms with van der Waals surface area (Å²) in [7, 11) is 0. The van der Waals surface area contributed by atoms with Crippen LogP contribution in [0.1, 0.15) is 6.42 Å². The molecule has 0 spiro atoms. The monoisotopic (exact) mass is 140 g/mol. The zero-order chi connectivity index (χ0) is 5.28. The van der Waals surface area contributed by atoms with Gasteiger partial charge in [-0.05, 0) is 0 Å². The van der Waals surface area contributed by atoms with Crippen LogP contribution in [0.2, 0.25) is 0 Å². The molecule has 0 aromatic carbocycles. The largest absolute Gasteiger partial charge is 0.373 e. The lowest BCUT2D eigenvalue weighted by molar-refractivity contribution is 0.401. The summed E-state index contributed by atoms with van der Waals surface area (Å²) in [5, 5.41) is 0. The summed E-state index contributed by atoms with van der Waals surface area (Å²) >= 11 is 10.8. The first-order chi connectivity index (χ1) is 3.29. The number of alkyl halides is 2. The molecule has 1 fully saturated rings. The summed E-state index contributed by atoms with van der Waals surface area (Å²) in [5.41, 5.74) is 0. The second-order valence-electron chi connectivity index (χ2n) is 1.58. The van der Waals surface area contributed by atoms with Crippen LogP contribution in [-0.2, 0) is 4.74 Å². The zero-order valence-corrected chi connectivity index (χ0v) is 5.24. The molecule has 0 bridgehead atoms. The van der Waals surface area contributed by atoms with Crippen molar-refractivity contribution in [3.05, 3.63) is 0 Å². The Hall–Kier alpha value is 0.540.